The highest BCUT2D eigenvalue weighted by Gasteiger charge is 2.03. The third kappa shape index (κ3) is 5.22. The molecule has 0 saturated heterocycles. The van der Waals surface area contributed by atoms with Gasteiger partial charge in [-0.25, -0.2) is 9.78 Å². The number of carbonyl (C=O) groups excluding carboxylic acids is 1. The van der Waals surface area contributed by atoms with Crippen LogP contribution in [0, 0.1) is 0 Å². The van der Waals surface area contributed by atoms with Crippen molar-refractivity contribution in [2.75, 3.05) is 16.0 Å². The lowest BCUT2D eigenvalue weighted by Gasteiger charge is -2.09. The number of hydrogen-bond acceptors (Lipinski definition) is 3. The van der Waals surface area contributed by atoms with Gasteiger partial charge in [-0.2, -0.15) is 0 Å². The molecule has 0 spiro atoms. The Bertz CT molecular complexity index is 820. The van der Waals surface area contributed by atoms with Crippen LogP contribution < -0.4 is 16.0 Å². The summed E-state index contributed by atoms with van der Waals surface area (Å²) in [5.41, 5.74) is 2.45. The highest BCUT2D eigenvalue weighted by Crippen LogP contribution is 2.14. The summed E-state index contributed by atoms with van der Waals surface area (Å²) in [7, 11) is 0. The summed E-state index contributed by atoms with van der Waals surface area (Å²) < 4.78 is 0. The Morgan fingerprint density at radius 2 is 1.60 bits per heavy atom. The van der Waals surface area contributed by atoms with E-state index in [1.165, 1.54) is 0 Å². The molecule has 0 atom stereocenters. The van der Waals surface area contributed by atoms with Crippen LogP contribution in [0.15, 0.2) is 72.9 Å². The second kappa shape index (κ2) is 8.17. The van der Waals surface area contributed by atoms with Crippen LogP contribution in [-0.4, -0.2) is 11.0 Å². The average Bonchev–Trinajstić information content (AvgIpc) is 2.63. The smallest absolute Gasteiger partial charge is 0.323 e. The number of hydrogen-bond donors (Lipinski definition) is 3. The molecule has 0 aliphatic heterocycles. The first-order valence-corrected chi connectivity index (χ1v) is 8.14. The van der Waals surface area contributed by atoms with Gasteiger partial charge in [0, 0.05) is 17.3 Å². The fourth-order valence-electron chi connectivity index (χ4n) is 2.18. The van der Waals surface area contributed by atoms with Crippen molar-refractivity contribution < 1.29 is 4.79 Å². The zero-order chi connectivity index (χ0) is 17.5. The van der Waals surface area contributed by atoms with Gasteiger partial charge in [-0.05, 0) is 42.0 Å². The molecular formula is C19H17ClN4O. The van der Waals surface area contributed by atoms with E-state index in [-0.39, 0.29) is 6.03 Å². The van der Waals surface area contributed by atoms with Crippen LogP contribution in [0.2, 0.25) is 5.02 Å². The van der Waals surface area contributed by atoms with Crippen molar-refractivity contribution in [3.63, 3.8) is 0 Å². The zero-order valence-electron chi connectivity index (χ0n) is 13.4. The van der Waals surface area contributed by atoms with Gasteiger partial charge < -0.3 is 16.0 Å². The normalized spacial score (nSPS) is 10.1. The Morgan fingerprint density at radius 1 is 0.880 bits per heavy atom. The summed E-state index contributed by atoms with van der Waals surface area (Å²) in [6, 6.07) is 20.2. The Balaban J connectivity index is 1.51. The van der Waals surface area contributed by atoms with Gasteiger partial charge >= 0.3 is 6.03 Å². The standard InChI is InChI=1S/C19H17ClN4O/c20-15-8-6-14(7-9-15)12-21-18-11-10-17(13-22-18)24-19(25)23-16-4-2-1-3-5-16/h1-11,13H,12H2,(H,21,22)(H2,23,24,25). The first-order chi connectivity index (χ1) is 12.2. The molecule has 5 nitrogen and oxygen atoms in total. The molecule has 3 N–H and O–H groups in total. The van der Waals surface area contributed by atoms with Gasteiger partial charge in [0.1, 0.15) is 5.82 Å². The van der Waals surface area contributed by atoms with Crippen molar-refractivity contribution in [1.29, 1.82) is 0 Å². The van der Waals surface area contributed by atoms with Gasteiger partial charge in [0.25, 0.3) is 0 Å². The van der Waals surface area contributed by atoms with Crippen LogP contribution >= 0.6 is 11.6 Å². The molecule has 2 aromatic carbocycles. The topological polar surface area (TPSA) is 66.1 Å². The van der Waals surface area contributed by atoms with Gasteiger partial charge in [0.05, 0.1) is 11.9 Å². The van der Waals surface area contributed by atoms with Crippen LogP contribution in [0.1, 0.15) is 5.56 Å². The minimum absolute atomic E-state index is 0.310. The average molecular weight is 353 g/mol. The summed E-state index contributed by atoms with van der Waals surface area (Å²) in [5, 5.41) is 9.43. The molecule has 1 heterocycles. The molecule has 126 valence electrons. The Hall–Kier alpha value is -3.05. The third-order valence-corrected chi connectivity index (χ3v) is 3.69. The van der Waals surface area contributed by atoms with E-state index in [1.807, 2.05) is 60.7 Å². The molecule has 0 fully saturated rings. The summed E-state index contributed by atoms with van der Waals surface area (Å²) in [4.78, 5) is 16.2. The van der Waals surface area contributed by atoms with Crippen molar-refractivity contribution in [3.05, 3.63) is 83.5 Å². The number of nitrogens with zero attached hydrogens (tertiary/aromatic N) is 1. The highest BCUT2D eigenvalue weighted by atomic mass is 35.5. The predicted octanol–water partition coefficient (Wildman–Crippen LogP) is 4.99. The SMILES string of the molecule is O=C(Nc1ccccc1)Nc1ccc(NCc2ccc(Cl)cc2)nc1. The van der Waals surface area contributed by atoms with E-state index in [2.05, 4.69) is 20.9 Å². The first kappa shape index (κ1) is 16.8. The second-order valence-corrected chi connectivity index (χ2v) is 5.79. The highest BCUT2D eigenvalue weighted by molar-refractivity contribution is 6.30. The lowest BCUT2D eigenvalue weighted by Crippen LogP contribution is -2.19. The summed E-state index contributed by atoms with van der Waals surface area (Å²) in [6.45, 7) is 0.644. The zero-order valence-corrected chi connectivity index (χ0v) is 14.1. The molecule has 3 rings (SSSR count). The van der Waals surface area contributed by atoms with E-state index in [0.29, 0.717) is 17.3 Å². The molecule has 0 saturated carbocycles. The maximum atomic E-state index is 11.9. The van der Waals surface area contributed by atoms with Gasteiger partial charge in [0.15, 0.2) is 0 Å². The molecule has 1 aromatic heterocycles. The van der Waals surface area contributed by atoms with Gasteiger partial charge in [0.2, 0.25) is 0 Å². The monoisotopic (exact) mass is 352 g/mol. The van der Waals surface area contributed by atoms with Crippen molar-refractivity contribution in [1.82, 2.24) is 4.98 Å². The Kier molecular flexibility index (Phi) is 5.49. The second-order valence-electron chi connectivity index (χ2n) is 5.36. The molecule has 0 aliphatic carbocycles. The number of para-hydroxylation sites is 1. The molecule has 3 aromatic rings. The minimum atomic E-state index is -0.310. The van der Waals surface area contributed by atoms with E-state index < -0.39 is 0 Å². The summed E-state index contributed by atoms with van der Waals surface area (Å²) in [5.74, 6) is 0.726. The van der Waals surface area contributed by atoms with Gasteiger partial charge in [-0.15, -0.1) is 0 Å². The van der Waals surface area contributed by atoms with E-state index >= 15 is 0 Å². The summed E-state index contributed by atoms with van der Waals surface area (Å²) >= 11 is 5.87. The lowest BCUT2D eigenvalue weighted by atomic mass is 10.2. The fraction of sp³-hybridized carbons (Fsp3) is 0.0526. The molecule has 2 amide bonds. The minimum Gasteiger partial charge on any atom is -0.366 e. The maximum Gasteiger partial charge on any atom is 0.323 e. The number of aromatic nitrogens is 1. The maximum absolute atomic E-state index is 11.9. The van der Waals surface area contributed by atoms with E-state index in [9.17, 15) is 4.79 Å². The van der Waals surface area contributed by atoms with Crippen LogP contribution in [0.4, 0.5) is 22.0 Å². The van der Waals surface area contributed by atoms with Crippen molar-refractivity contribution in [2.24, 2.45) is 0 Å². The predicted molar refractivity (Wildman–Crippen MR) is 102 cm³/mol. The Labute approximate surface area is 151 Å². The molecule has 6 heteroatoms. The summed E-state index contributed by atoms with van der Waals surface area (Å²) in [6.07, 6.45) is 1.61. The fourth-order valence-corrected chi connectivity index (χ4v) is 2.31. The largest absolute Gasteiger partial charge is 0.366 e. The molecule has 0 bridgehead atoms. The molecule has 25 heavy (non-hydrogen) atoms. The number of pyridine rings is 1. The van der Waals surface area contributed by atoms with Crippen molar-refractivity contribution in [2.45, 2.75) is 6.54 Å². The van der Waals surface area contributed by atoms with Gasteiger partial charge in [-0.3, -0.25) is 0 Å². The molecule has 0 radical (unpaired) electrons. The quantitative estimate of drug-likeness (QED) is 0.606. The number of halogens is 1. The first-order valence-electron chi connectivity index (χ1n) is 7.76. The van der Waals surface area contributed by atoms with Crippen LogP contribution in [0.5, 0.6) is 0 Å². The van der Waals surface area contributed by atoms with Crippen LogP contribution in [0.3, 0.4) is 0 Å². The number of urea groups is 1. The van der Waals surface area contributed by atoms with E-state index in [4.69, 9.17) is 11.6 Å². The van der Waals surface area contributed by atoms with Crippen LogP contribution in [0.25, 0.3) is 0 Å². The van der Waals surface area contributed by atoms with E-state index in [1.54, 1.807) is 12.3 Å². The number of rotatable bonds is 5. The lowest BCUT2D eigenvalue weighted by molar-refractivity contribution is 0.262. The Morgan fingerprint density at radius 3 is 2.28 bits per heavy atom. The number of anilines is 3. The number of benzene rings is 2. The number of carbonyl (C=O) groups is 1. The van der Waals surface area contributed by atoms with Crippen molar-refractivity contribution in [3.8, 4) is 0 Å². The molecule has 0 aliphatic rings. The van der Waals surface area contributed by atoms with E-state index in [0.717, 1.165) is 17.1 Å². The van der Waals surface area contributed by atoms with Crippen LogP contribution in [-0.2, 0) is 6.54 Å². The number of nitrogens with one attached hydrogen (secondary N) is 3. The third-order valence-electron chi connectivity index (χ3n) is 3.44. The van der Waals surface area contributed by atoms with Gasteiger partial charge in [-0.1, -0.05) is 41.9 Å². The number of amides is 2. The molecular weight excluding hydrogens is 336 g/mol. The molecule has 0 unspecified atom stereocenters. The van der Waals surface area contributed by atoms with Crippen molar-refractivity contribution >= 4 is 34.8 Å².